The minimum atomic E-state index is -0.441. The standard InChI is InChI=1S/C18H13FN4O/c19-14-5-3-4-12-7-8-15(22-17(12)14)18(24)21-11-13-10-20-16-6-1-2-9-23(13)16/h1-10H,11H2,(H,21,24). The van der Waals surface area contributed by atoms with Gasteiger partial charge in [0, 0.05) is 11.6 Å². The van der Waals surface area contributed by atoms with E-state index in [1.54, 1.807) is 30.5 Å². The van der Waals surface area contributed by atoms with Crippen LogP contribution in [-0.4, -0.2) is 20.3 Å². The van der Waals surface area contributed by atoms with Crippen molar-refractivity contribution >= 4 is 22.5 Å². The van der Waals surface area contributed by atoms with E-state index < -0.39 is 5.82 Å². The van der Waals surface area contributed by atoms with E-state index >= 15 is 0 Å². The Balaban J connectivity index is 1.57. The molecule has 3 aromatic heterocycles. The number of rotatable bonds is 3. The summed E-state index contributed by atoms with van der Waals surface area (Å²) in [6.45, 7) is 0.307. The lowest BCUT2D eigenvalue weighted by molar-refractivity contribution is 0.0945. The second kappa shape index (κ2) is 5.73. The number of aromatic nitrogens is 3. The second-order valence-corrected chi connectivity index (χ2v) is 5.37. The van der Waals surface area contributed by atoms with Gasteiger partial charge in [0.25, 0.3) is 5.91 Å². The number of hydrogen-bond donors (Lipinski definition) is 1. The van der Waals surface area contributed by atoms with Crippen LogP contribution in [-0.2, 0) is 6.54 Å². The third kappa shape index (κ3) is 2.48. The number of nitrogens with one attached hydrogen (secondary N) is 1. The quantitative estimate of drug-likeness (QED) is 0.631. The van der Waals surface area contributed by atoms with Gasteiger partial charge in [0.15, 0.2) is 0 Å². The van der Waals surface area contributed by atoms with E-state index in [0.29, 0.717) is 11.9 Å². The predicted molar refractivity (Wildman–Crippen MR) is 88.1 cm³/mol. The van der Waals surface area contributed by atoms with Crippen molar-refractivity contribution in [3.8, 4) is 0 Å². The van der Waals surface area contributed by atoms with Gasteiger partial charge in [-0.05, 0) is 24.3 Å². The zero-order valence-corrected chi connectivity index (χ0v) is 12.6. The number of fused-ring (bicyclic) bond motifs is 2. The van der Waals surface area contributed by atoms with E-state index in [1.165, 1.54) is 6.07 Å². The highest BCUT2D eigenvalue weighted by Crippen LogP contribution is 2.16. The molecular weight excluding hydrogens is 307 g/mol. The molecule has 1 amide bonds. The molecule has 0 unspecified atom stereocenters. The molecule has 0 spiro atoms. The Morgan fingerprint density at radius 1 is 1.12 bits per heavy atom. The number of pyridine rings is 2. The maximum absolute atomic E-state index is 13.8. The number of para-hydroxylation sites is 1. The van der Waals surface area contributed by atoms with Gasteiger partial charge in [0.05, 0.1) is 18.4 Å². The number of carbonyl (C=O) groups excluding carboxylic acids is 1. The predicted octanol–water partition coefficient (Wildman–Crippen LogP) is 2.95. The summed E-state index contributed by atoms with van der Waals surface area (Å²) in [6, 6.07) is 13.7. The molecule has 4 rings (SSSR count). The van der Waals surface area contributed by atoms with Crippen LogP contribution < -0.4 is 5.32 Å². The molecule has 1 N–H and O–H groups in total. The molecule has 0 aliphatic heterocycles. The van der Waals surface area contributed by atoms with E-state index in [4.69, 9.17) is 0 Å². The lowest BCUT2D eigenvalue weighted by Crippen LogP contribution is -2.24. The fourth-order valence-corrected chi connectivity index (χ4v) is 2.61. The fourth-order valence-electron chi connectivity index (χ4n) is 2.61. The van der Waals surface area contributed by atoms with Gasteiger partial charge >= 0.3 is 0 Å². The van der Waals surface area contributed by atoms with Crippen molar-refractivity contribution in [1.29, 1.82) is 0 Å². The minimum absolute atomic E-state index is 0.182. The molecule has 5 nitrogen and oxygen atoms in total. The number of halogens is 1. The van der Waals surface area contributed by atoms with Crippen LogP contribution in [0.15, 0.2) is 60.9 Å². The molecule has 3 heterocycles. The lowest BCUT2D eigenvalue weighted by Gasteiger charge is -2.06. The molecule has 0 atom stereocenters. The highest BCUT2D eigenvalue weighted by molar-refractivity contribution is 5.94. The molecule has 0 radical (unpaired) electrons. The number of benzene rings is 1. The summed E-state index contributed by atoms with van der Waals surface area (Å²) in [5.41, 5.74) is 2.04. The molecule has 118 valence electrons. The van der Waals surface area contributed by atoms with Gasteiger partial charge in [-0.1, -0.05) is 24.3 Å². The molecule has 0 saturated carbocycles. The Labute approximate surface area is 136 Å². The fraction of sp³-hybridized carbons (Fsp3) is 0.0556. The van der Waals surface area contributed by atoms with Gasteiger partial charge in [-0.3, -0.25) is 4.79 Å². The van der Waals surface area contributed by atoms with Gasteiger partial charge in [-0.2, -0.15) is 0 Å². The molecule has 4 aromatic rings. The van der Waals surface area contributed by atoms with Gasteiger partial charge in [0.2, 0.25) is 0 Å². The van der Waals surface area contributed by atoms with Crippen molar-refractivity contribution in [1.82, 2.24) is 19.7 Å². The molecule has 0 aliphatic carbocycles. The van der Waals surface area contributed by atoms with Crippen molar-refractivity contribution in [3.05, 3.63) is 78.1 Å². The molecule has 1 aromatic carbocycles. The van der Waals surface area contributed by atoms with E-state index in [9.17, 15) is 9.18 Å². The summed E-state index contributed by atoms with van der Waals surface area (Å²) in [5, 5.41) is 3.45. The zero-order chi connectivity index (χ0) is 16.5. The Bertz CT molecular complexity index is 1060. The molecule has 0 bridgehead atoms. The Morgan fingerprint density at radius 2 is 2.04 bits per heavy atom. The first kappa shape index (κ1) is 14.3. The summed E-state index contributed by atoms with van der Waals surface area (Å²) < 4.78 is 15.7. The van der Waals surface area contributed by atoms with Crippen LogP contribution in [0.1, 0.15) is 16.2 Å². The van der Waals surface area contributed by atoms with Crippen LogP contribution in [0.25, 0.3) is 16.6 Å². The Hall–Kier alpha value is -3.28. The normalized spacial score (nSPS) is 11.0. The van der Waals surface area contributed by atoms with Crippen molar-refractivity contribution in [2.24, 2.45) is 0 Å². The van der Waals surface area contributed by atoms with Crippen molar-refractivity contribution in [3.63, 3.8) is 0 Å². The van der Waals surface area contributed by atoms with Crippen LogP contribution in [0, 0.1) is 5.82 Å². The molecule has 24 heavy (non-hydrogen) atoms. The van der Waals surface area contributed by atoms with Crippen LogP contribution in [0.4, 0.5) is 4.39 Å². The van der Waals surface area contributed by atoms with E-state index in [2.05, 4.69) is 15.3 Å². The lowest BCUT2D eigenvalue weighted by atomic mass is 10.2. The summed E-state index contributed by atoms with van der Waals surface area (Å²) in [4.78, 5) is 20.7. The minimum Gasteiger partial charge on any atom is -0.345 e. The topological polar surface area (TPSA) is 59.3 Å². The smallest absolute Gasteiger partial charge is 0.270 e. The van der Waals surface area contributed by atoms with Gasteiger partial charge in [-0.25, -0.2) is 14.4 Å². The van der Waals surface area contributed by atoms with Crippen molar-refractivity contribution < 1.29 is 9.18 Å². The highest BCUT2D eigenvalue weighted by Gasteiger charge is 2.11. The number of amides is 1. The van der Waals surface area contributed by atoms with Crippen molar-refractivity contribution in [2.75, 3.05) is 0 Å². The van der Waals surface area contributed by atoms with Crippen LogP contribution >= 0.6 is 0 Å². The van der Waals surface area contributed by atoms with E-state index in [0.717, 1.165) is 11.3 Å². The molecular formula is C18H13FN4O. The first-order valence-electron chi connectivity index (χ1n) is 7.47. The summed E-state index contributed by atoms with van der Waals surface area (Å²) in [7, 11) is 0. The molecule has 6 heteroatoms. The Kier molecular flexibility index (Phi) is 3.42. The largest absolute Gasteiger partial charge is 0.345 e. The third-order valence-electron chi connectivity index (χ3n) is 3.83. The average molecular weight is 320 g/mol. The van der Waals surface area contributed by atoms with Gasteiger partial charge in [0.1, 0.15) is 22.7 Å². The SMILES string of the molecule is O=C(NCc1cnc2ccccn12)c1ccc2cccc(F)c2n1. The van der Waals surface area contributed by atoms with Gasteiger partial charge < -0.3 is 9.72 Å². The first-order chi connectivity index (χ1) is 11.7. The number of imidazole rings is 1. The van der Waals surface area contributed by atoms with E-state index in [1.807, 2.05) is 28.8 Å². The second-order valence-electron chi connectivity index (χ2n) is 5.37. The molecule has 0 aliphatic rings. The Morgan fingerprint density at radius 3 is 2.96 bits per heavy atom. The summed E-state index contributed by atoms with van der Waals surface area (Å²) in [5.74, 6) is -0.796. The first-order valence-corrected chi connectivity index (χ1v) is 7.47. The van der Waals surface area contributed by atoms with Crippen LogP contribution in [0.3, 0.4) is 0 Å². The number of hydrogen-bond acceptors (Lipinski definition) is 3. The average Bonchev–Trinajstić information content (AvgIpc) is 3.03. The van der Waals surface area contributed by atoms with E-state index in [-0.39, 0.29) is 17.1 Å². The number of carbonyl (C=O) groups is 1. The van der Waals surface area contributed by atoms with Crippen molar-refractivity contribution in [2.45, 2.75) is 6.54 Å². The maximum Gasteiger partial charge on any atom is 0.270 e. The summed E-state index contributed by atoms with van der Waals surface area (Å²) in [6.07, 6.45) is 3.59. The van der Waals surface area contributed by atoms with Gasteiger partial charge in [-0.15, -0.1) is 0 Å². The summed E-state index contributed by atoms with van der Waals surface area (Å²) >= 11 is 0. The third-order valence-corrected chi connectivity index (χ3v) is 3.83. The monoisotopic (exact) mass is 320 g/mol. The maximum atomic E-state index is 13.8. The van der Waals surface area contributed by atoms with Crippen LogP contribution in [0.2, 0.25) is 0 Å². The zero-order valence-electron chi connectivity index (χ0n) is 12.6. The number of nitrogens with zero attached hydrogens (tertiary/aromatic N) is 3. The highest BCUT2D eigenvalue weighted by atomic mass is 19.1. The molecule has 0 saturated heterocycles. The van der Waals surface area contributed by atoms with Crippen LogP contribution in [0.5, 0.6) is 0 Å². The molecule has 0 fully saturated rings.